The number of hydrogen-bond donors (Lipinski definition) is 1. The normalized spacial score (nSPS) is 18.2. The molecule has 1 aromatic heterocycles. The average molecular weight is 261 g/mol. The number of hydrogen-bond acceptors (Lipinski definition) is 2. The lowest BCUT2D eigenvalue weighted by Crippen LogP contribution is -2.28. The number of aromatic nitrogens is 2. The SMILES string of the molecule is FC(F)(F)CNCc1ccn(C2CCCCC2)n1. The van der Waals surface area contributed by atoms with Gasteiger partial charge in [-0.2, -0.15) is 18.3 Å². The van der Waals surface area contributed by atoms with Gasteiger partial charge in [-0.3, -0.25) is 4.68 Å². The molecule has 1 aliphatic rings. The van der Waals surface area contributed by atoms with E-state index < -0.39 is 12.7 Å². The molecule has 3 nitrogen and oxygen atoms in total. The highest BCUT2D eigenvalue weighted by Crippen LogP contribution is 2.27. The molecule has 1 aromatic rings. The number of halogens is 3. The van der Waals surface area contributed by atoms with Gasteiger partial charge in [0.25, 0.3) is 0 Å². The van der Waals surface area contributed by atoms with Crippen LogP contribution < -0.4 is 5.32 Å². The summed E-state index contributed by atoms with van der Waals surface area (Å²) in [6.07, 6.45) is 3.66. The summed E-state index contributed by atoms with van der Waals surface area (Å²) in [4.78, 5) is 0. The highest BCUT2D eigenvalue weighted by atomic mass is 19.4. The van der Waals surface area contributed by atoms with Crippen LogP contribution in [-0.2, 0) is 6.54 Å². The molecule has 0 radical (unpaired) electrons. The Balaban J connectivity index is 1.82. The second-order valence-corrected chi connectivity index (χ2v) is 4.80. The van der Waals surface area contributed by atoms with Crippen molar-refractivity contribution in [2.45, 2.75) is 50.9 Å². The van der Waals surface area contributed by atoms with Crippen LogP contribution in [0.25, 0.3) is 0 Å². The molecule has 18 heavy (non-hydrogen) atoms. The Kier molecular flexibility index (Phi) is 4.27. The molecular weight excluding hydrogens is 243 g/mol. The molecule has 0 aromatic carbocycles. The molecule has 1 aliphatic carbocycles. The van der Waals surface area contributed by atoms with Crippen molar-refractivity contribution in [1.29, 1.82) is 0 Å². The maximum atomic E-state index is 12.0. The maximum absolute atomic E-state index is 12.0. The molecule has 102 valence electrons. The Morgan fingerprint density at radius 2 is 2.00 bits per heavy atom. The van der Waals surface area contributed by atoms with Gasteiger partial charge in [-0.15, -0.1) is 0 Å². The van der Waals surface area contributed by atoms with Crippen molar-refractivity contribution in [3.05, 3.63) is 18.0 Å². The summed E-state index contributed by atoms with van der Waals surface area (Å²) >= 11 is 0. The van der Waals surface area contributed by atoms with E-state index in [9.17, 15) is 13.2 Å². The van der Waals surface area contributed by atoms with Crippen LogP contribution in [-0.4, -0.2) is 22.5 Å². The zero-order valence-corrected chi connectivity index (χ0v) is 10.2. The minimum atomic E-state index is -4.16. The van der Waals surface area contributed by atoms with E-state index in [4.69, 9.17) is 0 Å². The number of nitrogens with zero attached hydrogens (tertiary/aromatic N) is 2. The molecule has 1 heterocycles. The van der Waals surface area contributed by atoms with E-state index in [2.05, 4.69) is 10.4 Å². The first-order valence-corrected chi connectivity index (χ1v) is 6.36. The highest BCUT2D eigenvalue weighted by molar-refractivity contribution is 4.99. The first kappa shape index (κ1) is 13.4. The molecule has 1 saturated carbocycles. The lowest BCUT2D eigenvalue weighted by molar-refractivity contribution is -0.125. The van der Waals surface area contributed by atoms with Crippen LogP contribution in [0.2, 0.25) is 0 Å². The van der Waals surface area contributed by atoms with Gasteiger partial charge in [-0.25, -0.2) is 0 Å². The summed E-state index contributed by atoms with van der Waals surface area (Å²) in [7, 11) is 0. The minimum Gasteiger partial charge on any atom is -0.303 e. The monoisotopic (exact) mass is 261 g/mol. The van der Waals surface area contributed by atoms with Gasteiger partial charge >= 0.3 is 6.18 Å². The van der Waals surface area contributed by atoms with Crippen molar-refractivity contribution in [3.63, 3.8) is 0 Å². The highest BCUT2D eigenvalue weighted by Gasteiger charge is 2.26. The fraction of sp³-hybridized carbons (Fsp3) is 0.750. The van der Waals surface area contributed by atoms with E-state index >= 15 is 0 Å². The lowest BCUT2D eigenvalue weighted by Gasteiger charge is -2.21. The minimum absolute atomic E-state index is 0.166. The Hall–Kier alpha value is -1.04. The second-order valence-electron chi connectivity index (χ2n) is 4.80. The summed E-state index contributed by atoms with van der Waals surface area (Å²) in [5.41, 5.74) is 0.671. The van der Waals surface area contributed by atoms with Gasteiger partial charge in [-0.05, 0) is 18.9 Å². The molecule has 0 saturated heterocycles. The number of rotatable bonds is 4. The number of nitrogens with one attached hydrogen (secondary N) is 1. The zero-order valence-electron chi connectivity index (χ0n) is 10.2. The van der Waals surface area contributed by atoms with Crippen LogP contribution >= 0.6 is 0 Å². The third-order valence-electron chi connectivity index (χ3n) is 3.24. The summed E-state index contributed by atoms with van der Waals surface area (Å²) in [5.74, 6) is 0. The average Bonchev–Trinajstić information content (AvgIpc) is 2.77. The van der Waals surface area contributed by atoms with Crippen molar-refractivity contribution in [3.8, 4) is 0 Å². The quantitative estimate of drug-likeness (QED) is 0.902. The maximum Gasteiger partial charge on any atom is 0.401 e. The Bertz CT molecular complexity index is 367. The molecule has 0 amide bonds. The van der Waals surface area contributed by atoms with E-state index in [-0.39, 0.29) is 6.54 Å². The largest absolute Gasteiger partial charge is 0.401 e. The van der Waals surface area contributed by atoms with Gasteiger partial charge < -0.3 is 5.32 Å². The first-order chi connectivity index (χ1) is 8.54. The molecule has 0 bridgehead atoms. The van der Waals surface area contributed by atoms with Crippen molar-refractivity contribution in [1.82, 2.24) is 15.1 Å². The summed E-state index contributed by atoms with van der Waals surface area (Å²) in [5, 5.41) is 6.70. The van der Waals surface area contributed by atoms with Crippen LogP contribution in [0, 0.1) is 0 Å². The van der Waals surface area contributed by atoms with Gasteiger partial charge in [0.2, 0.25) is 0 Å². The van der Waals surface area contributed by atoms with Gasteiger partial charge in [0.15, 0.2) is 0 Å². The van der Waals surface area contributed by atoms with Gasteiger partial charge in [0.05, 0.1) is 18.3 Å². The van der Waals surface area contributed by atoms with E-state index in [1.165, 1.54) is 19.3 Å². The van der Waals surface area contributed by atoms with E-state index in [1.54, 1.807) is 6.07 Å². The Labute approximate surface area is 104 Å². The van der Waals surface area contributed by atoms with Gasteiger partial charge in [0.1, 0.15) is 0 Å². The van der Waals surface area contributed by atoms with Crippen LogP contribution in [0.3, 0.4) is 0 Å². The Morgan fingerprint density at radius 1 is 1.28 bits per heavy atom. The van der Waals surface area contributed by atoms with E-state index in [0.29, 0.717) is 11.7 Å². The second kappa shape index (κ2) is 5.73. The predicted octanol–water partition coefficient (Wildman–Crippen LogP) is 3.04. The zero-order chi connectivity index (χ0) is 13.0. The molecule has 1 N–H and O–H groups in total. The molecule has 0 atom stereocenters. The predicted molar refractivity (Wildman–Crippen MR) is 62.1 cm³/mol. The van der Waals surface area contributed by atoms with Crippen LogP contribution in [0.15, 0.2) is 12.3 Å². The number of alkyl halides is 3. The molecule has 6 heteroatoms. The van der Waals surface area contributed by atoms with Crippen molar-refractivity contribution >= 4 is 0 Å². The van der Waals surface area contributed by atoms with Crippen LogP contribution in [0.4, 0.5) is 13.2 Å². The topological polar surface area (TPSA) is 29.9 Å². The molecule has 1 fully saturated rings. The fourth-order valence-corrected chi connectivity index (χ4v) is 2.35. The standard InChI is InChI=1S/C12H18F3N3/c13-12(14,15)9-16-8-10-6-7-18(17-10)11-4-2-1-3-5-11/h6-7,11,16H,1-5,8-9H2. The molecule has 0 unspecified atom stereocenters. The van der Waals surface area contributed by atoms with E-state index in [0.717, 1.165) is 12.8 Å². The van der Waals surface area contributed by atoms with Crippen molar-refractivity contribution in [2.24, 2.45) is 0 Å². The smallest absolute Gasteiger partial charge is 0.303 e. The first-order valence-electron chi connectivity index (χ1n) is 6.36. The lowest BCUT2D eigenvalue weighted by atomic mass is 9.96. The van der Waals surface area contributed by atoms with Crippen molar-refractivity contribution in [2.75, 3.05) is 6.54 Å². The van der Waals surface area contributed by atoms with Crippen LogP contribution in [0.1, 0.15) is 43.8 Å². The fourth-order valence-electron chi connectivity index (χ4n) is 2.35. The summed E-state index contributed by atoms with van der Waals surface area (Å²) < 4.78 is 37.8. The molecule has 0 aliphatic heterocycles. The third kappa shape index (κ3) is 4.01. The molecular formula is C12H18F3N3. The van der Waals surface area contributed by atoms with E-state index in [1.807, 2.05) is 10.9 Å². The van der Waals surface area contributed by atoms with Gasteiger partial charge in [0, 0.05) is 12.7 Å². The summed E-state index contributed by atoms with van der Waals surface area (Å²) in [6, 6.07) is 2.22. The van der Waals surface area contributed by atoms with Crippen molar-refractivity contribution < 1.29 is 13.2 Å². The van der Waals surface area contributed by atoms with Gasteiger partial charge in [-0.1, -0.05) is 19.3 Å². The third-order valence-corrected chi connectivity index (χ3v) is 3.24. The molecule has 2 rings (SSSR count). The molecule has 0 spiro atoms. The summed E-state index contributed by atoms with van der Waals surface area (Å²) in [6.45, 7) is -0.803. The Morgan fingerprint density at radius 3 is 2.67 bits per heavy atom. The van der Waals surface area contributed by atoms with Crippen LogP contribution in [0.5, 0.6) is 0 Å².